The third-order valence-corrected chi connectivity index (χ3v) is 1.95. The first kappa shape index (κ1) is 12.6. The van der Waals surface area contributed by atoms with Crippen molar-refractivity contribution in [2.24, 2.45) is 0 Å². The fraction of sp³-hybridized carbons (Fsp3) is 0.385. The molecule has 0 saturated carbocycles. The summed E-state index contributed by atoms with van der Waals surface area (Å²) in [5, 5.41) is 0. The first-order chi connectivity index (χ1) is 7.86. The zero-order chi connectivity index (χ0) is 11.6. The van der Waals surface area contributed by atoms with Crippen LogP contribution in [0, 0.1) is 12.3 Å². The molecule has 1 rings (SSSR count). The second-order valence-corrected chi connectivity index (χ2v) is 3.12. The molecular formula is C13H16O3. The Kier molecular flexibility index (Phi) is 6.09. The topological polar surface area (TPSA) is 27.7 Å². The highest BCUT2D eigenvalue weighted by Crippen LogP contribution is 2.10. The number of benzene rings is 1. The van der Waals surface area contributed by atoms with Crippen LogP contribution in [0.1, 0.15) is 5.56 Å². The van der Waals surface area contributed by atoms with Crippen molar-refractivity contribution in [1.82, 2.24) is 0 Å². The molecule has 0 aliphatic rings. The predicted molar refractivity (Wildman–Crippen MR) is 62.6 cm³/mol. The van der Waals surface area contributed by atoms with E-state index >= 15 is 0 Å². The lowest BCUT2D eigenvalue weighted by atomic mass is 10.2. The lowest BCUT2D eigenvalue weighted by Crippen LogP contribution is -2.09. The number of ether oxygens (including phenoxy) is 3. The number of hydrogen-bond acceptors (Lipinski definition) is 3. The van der Waals surface area contributed by atoms with Gasteiger partial charge < -0.3 is 14.2 Å². The van der Waals surface area contributed by atoms with Gasteiger partial charge in [0.05, 0.1) is 19.8 Å². The number of rotatable bonds is 7. The minimum absolute atomic E-state index is 0.527. The zero-order valence-corrected chi connectivity index (χ0v) is 9.44. The van der Waals surface area contributed by atoms with E-state index in [9.17, 15) is 0 Å². The second-order valence-electron chi connectivity index (χ2n) is 3.12. The van der Waals surface area contributed by atoms with Gasteiger partial charge in [0.2, 0.25) is 0 Å². The van der Waals surface area contributed by atoms with Crippen molar-refractivity contribution in [2.75, 3.05) is 33.5 Å². The molecular weight excluding hydrogens is 204 g/mol. The first-order valence-electron chi connectivity index (χ1n) is 5.13. The van der Waals surface area contributed by atoms with E-state index in [1.165, 1.54) is 0 Å². The summed E-state index contributed by atoms with van der Waals surface area (Å²) >= 11 is 0. The van der Waals surface area contributed by atoms with Crippen molar-refractivity contribution in [3.8, 4) is 18.1 Å². The van der Waals surface area contributed by atoms with Gasteiger partial charge in [-0.1, -0.05) is 5.92 Å². The summed E-state index contributed by atoms with van der Waals surface area (Å²) in [5.74, 6) is 3.35. The molecule has 0 fully saturated rings. The van der Waals surface area contributed by atoms with Crippen LogP contribution in [0.25, 0.3) is 0 Å². The largest absolute Gasteiger partial charge is 0.491 e. The summed E-state index contributed by atoms with van der Waals surface area (Å²) in [6.07, 6.45) is 5.25. The van der Waals surface area contributed by atoms with Crippen LogP contribution in [0.5, 0.6) is 5.75 Å². The van der Waals surface area contributed by atoms with Crippen LogP contribution in [-0.2, 0) is 9.47 Å². The molecule has 0 radical (unpaired) electrons. The van der Waals surface area contributed by atoms with Crippen LogP contribution < -0.4 is 4.74 Å². The van der Waals surface area contributed by atoms with E-state index in [1.54, 1.807) is 7.11 Å². The molecule has 0 heterocycles. The fourth-order valence-corrected chi connectivity index (χ4v) is 1.11. The van der Waals surface area contributed by atoms with Gasteiger partial charge in [-0.25, -0.2) is 0 Å². The van der Waals surface area contributed by atoms with Gasteiger partial charge in [-0.2, -0.15) is 0 Å². The summed E-state index contributed by atoms with van der Waals surface area (Å²) in [5.41, 5.74) is 0.851. The Morgan fingerprint density at radius 3 is 2.38 bits per heavy atom. The average Bonchev–Trinajstić information content (AvgIpc) is 2.34. The number of methoxy groups -OCH3 is 1. The normalized spacial score (nSPS) is 9.75. The average molecular weight is 220 g/mol. The molecule has 0 bridgehead atoms. The summed E-state index contributed by atoms with van der Waals surface area (Å²) in [6.45, 7) is 2.28. The molecule has 0 aliphatic carbocycles. The Labute approximate surface area is 96.3 Å². The standard InChI is InChI=1S/C13H16O3/c1-3-12-4-6-13(7-5-12)16-11-10-15-9-8-14-2/h1,4-7H,8-11H2,2H3. The third-order valence-electron chi connectivity index (χ3n) is 1.95. The molecule has 0 saturated heterocycles. The van der Waals surface area contributed by atoms with Crippen LogP contribution in [0.4, 0.5) is 0 Å². The molecule has 0 aliphatic heterocycles. The maximum Gasteiger partial charge on any atom is 0.119 e. The van der Waals surface area contributed by atoms with Gasteiger partial charge in [-0.15, -0.1) is 6.42 Å². The Morgan fingerprint density at radius 1 is 1.06 bits per heavy atom. The summed E-state index contributed by atoms with van der Waals surface area (Å²) in [7, 11) is 1.65. The predicted octanol–water partition coefficient (Wildman–Crippen LogP) is 1.71. The SMILES string of the molecule is C#Cc1ccc(OCCOCCOC)cc1. The monoisotopic (exact) mass is 220 g/mol. The van der Waals surface area contributed by atoms with Crippen molar-refractivity contribution >= 4 is 0 Å². The zero-order valence-electron chi connectivity index (χ0n) is 9.44. The van der Waals surface area contributed by atoms with Crippen LogP contribution in [0.15, 0.2) is 24.3 Å². The van der Waals surface area contributed by atoms with E-state index in [1.807, 2.05) is 24.3 Å². The maximum absolute atomic E-state index is 5.45. The van der Waals surface area contributed by atoms with Crippen LogP contribution in [-0.4, -0.2) is 33.5 Å². The van der Waals surface area contributed by atoms with Gasteiger partial charge in [0.1, 0.15) is 12.4 Å². The molecule has 16 heavy (non-hydrogen) atoms. The van der Waals surface area contributed by atoms with E-state index in [2.05, 4.69) is 5.92 Å². The lowest BCUT2D eigenvalue weighted by Gasteiger charge is -2.06. The smallest absolute Gasteiger partial charge is 0.119 e. The molecule has 0 atom stereocenters. The van der Waals surface area contributed by atoms with Gasteiger partial charge in [0.15, 0.2) is 0 Å². The van der Waals surface area contributed by atoms with Gasteiger partial charge in [0, 0.05) is 12.7 Å². The molecule has 1 aromatic carbocycles. The number of terminal acetylenes is 1. The fourth-order valence-electron chi connectivity index (χ4n) is 1.11. The summed E-state index contributed by atoms with van der Waals surface area (Å²) < 4.78 is 15.6. The van der Waals surface area contributed by atoms with Gasteiger partial charge in [-0.3, -0.25) is 0 Å². The molecule has 0 unspecified atom stereocenters. The van der Waals surface area contributed by atoms with Crippen molar-refractivity contribution < 1.29 is 14.2 Å². The van der Waals surface area contributed by atoms with Gasteiger partial charge >= 0.3 is 0 Å². The van der Waals surface area contributed by atoms with Gasteiger partial charge in [-0.05, 0) is 24.3 Å². The van der Waals surface area contributed by atoms with Gasteiger partial charge in [0.25, 0.3) is 0 Å². The lowest BCUT2D eigenvalue weighted by molar-refractivity contribution is 0.0544. The Hall–Kier alpha value is -1.50. The molecule has 0 aromatic heterocycles. The number of hydrogen-bond donors (Lipinski definition) is 0. The molecule has 3 nitrogen and oxygen atoms in total. The van der Waals surface area contributed by atoms with E-state index in [4.69, 9.17) is 20.6 Å². The quantitative estimate of drug-likeness (QED) is 0.517. The van der Waals surface area contributed by atoms with E-state index < -0.39 is 0 Å². The van der Waals surface area contributed by atoms with Crippen LogP contribution >= 0.6 is 0 Å². The van der Waals surface area contributed by atoms with Crippen LogP contribution in [0.3, 0.4) is 0 Å². The Bertz CT molecular complexity index is 324. The molecule has 0 N–H and O–H groups in total. The highest BCUT2D eigenvalue weighted by molar-refractivity contribution is 5.36. The highest BCUT2D eigenvalue weighted by Gasteiger charge is 1.94. The third kappa shape index (κ3) is 4.83. The molecule has 0 amide bonds. The molecule has 0 spiro atoms. The van der Waals surface area contributed by atoms with Crippen molar-refractivity contribution in [3.63, 3.8) is 0 Å². The summed E-state index contributed by atoms with van der Waals surface area (Å²) in [4.78, 5) is 0. The van der Waals surface area contributed by atoms with Crippen molar-refractivity contribution in [3.05, 3.63) is 29.8 Å². The maximum atomic E-state index is 5.45. The second kappa shape index (κ2) is 7.75. The molecule has 86 valence electrons. The van der Waals surface area contributed by atoms with Crippen LogP contribution in [0.2, 0.25) is 0 Å². The Balaban J connectivity index is 2.15. The minimum Gasteiger partial charge on any atom is -0.491 e. The van der Waals surface area contributed by atoms with E-state index in [0.29, 0.717) is 26.4 Å². The Morgan fingerprint density at radius 2 is 1.75 bits per heavy atom. The highest BCUT2D eigenvalue weighted by atomic mass is 16.5. The van der Waals surface area contributed by atoms with E-state index in [-0.39, 0.29) is 0 Å². The van der Waals surface area contributed by atoms with Crippen molar-refractivity contribution in [2.45, 2.75) is 0 Å². The first-order valence-corrected chi connectivity index (χ1v) is 5.13. The van der Waals surface area contributed by atoms with Crippen molar-refractivity contribution in [1.29, 1.82) is 0 Å². The molecule has 3 heteroatoms. The van der Waals surface area contributed by atoms with E-state index in [0.717, 1.165) is 11.3 Å². The molecule has 1 aromatic rings. The summed E-state index contributed by atoms with van der Waals surface area (Å²) in [6, 6.07) is 7.40. The minimum atomic E-state index is 0.527.